The monoisotopic (exact) mass is 378 g/mol. The number of carbonyl (C=O) groups excluding carboxylic acids is 1. The topological polar surface area (TPSA) is 43.7 Å². The molecular weight excluding hydrogens is 352 g/mol. The van der Waals surface area contributed by atoms with Gasteiger partial charge >= 0.3 is 0 Å². The molecule has 5 heteroatoms. The van der Waals surface area contributed by atoms with E-state index < -0.39 is 0 Å². The van der Waals surface area contributed by atoms with Crippen molar-refractivity contribution in [3.8, 4) is 5.75 Å². The number of benzene rings is 2. The molecule has 28 heavy (non-hydrogen) atoms. The van der Waals surface area contributed by atoms with Crippen molar-refractivity contribution in [2.24, 2.45) is 0 Å². The lowest BCUT2D eigenvalue weighted by Gasteiger charge is -2.23. The molecule has 0 radical (unpaired) electrons. The first kappa shape index (κ1) is 19.7. The molecule has 0 saturated heterocycles. The highest BCUT2D eigenvalue weighted by Crippen LogP contribution is 2.12. The Labute approximate surface area is 166 Å². The lowest BCUT2D eigenvalue weighted by molar-refractivity contribution is -0.134. The maximum atomic E-state index is 12.8. The van der Waals surface area contributed by atoms with E-state index >= 15 is 0 Å². The van der Waals surface area contributed by atoms with Crippen molar-refractivity contribution in [1.82, 2.24) is 9.47 Å². The van der Waals surface area contributed by atoms with E-state index in [0.29, 0.717) is 25.4 Å². The van der Waals surface area contributed by atoms with Crippen LogP contribution in [0.2, 0.25) is 0 Å². The number of hydrogen-bond acceptors (Lipinski definition) is 3. The fraction of sp³-hybridized carbons (Fsp3) is 0.261. The third-order valence-electron chi connectivity index (χ3n) is 4.50. The Balaban J connectivity index is 1.65. The Kier molecular flexibility index (Phi) is 7.27. The fourth-order valence-electron chi connectivity index (χ4n) is 2.97. The van der Waals surface area contributed by atoms with Gasteiger partial charge in [0.1, 0.15) is 5.75 Å². The number of hydrogen-bond donors (Lipinski definition) is 0. The van der Waals surface area contributed by atoms with Gasteiger partial charge in [-0.15, -0.1) is 0 Å². The third kappa shape index (κ3) is 5.72. The summed E-state index contributed by atoms with van der Waals surface area (Å²) in [7, 11) is 1.64. The van der Waals surface area contributed by atoms with E-state index in [-0.39, 0.29) is 12.5 Å². The molecule has 2 aromatic carbocycles. The molecule has 3 rings (SSSR count). The Bertz CT molecular complexity index is 847. The Morgan fingerprint density at radius 2 is 1.68 bits per heavy atom. The molecule has 146 valence electrons. The second kappa shape index (κ2) is 10.3. The summed E-state index contributed by atoms with van der Waals surface area (Å²) in [6.45, 7) is 2.30. The number of ether oxygens (including phenoxy) is 2. The molecule has 0 aliphatic rings. The van der Waals surface area contributed by atoms with Crippen LogP contribution < -0.4 is 4.74 Å². The van der Waals surface area contributed by atoms with Crippen LogP contribution in [0.1, 0.15) is 11.3 Å². The summed E-state index contributed by atoms with van der Waals surface area (Å²) in [6.07, 6.45) is 2.04. The van der Waals surface area contributed by atoms with Crippen LogP contribution in [0.15, 0.2) is 79.0 Å². The van der Waals surface area contributed by atoms with Gasteiger partial charge in [0.15, 0.2) is 6.61 Å². The van der Waals surface area contributed by atoms with Crippen molar-refractivity contribution in [2.75, 3.05) is 26.9 Å². The Morgan fingerprint density at radius 1 is 0.964 bits per heavy atom. The van der Waals surface area contributed by atoms with Crippen molar-refractivity contribution < 1.29 is 14.3 Å². The molecule has 0 atom stereocenters. The van der Waals surface area contributed by atoms with Gasteiger partial charge in [-0.05, 0) is 29.8 Å². The number of amides is 1. The smallest absolute Gasteiger partial charge is 0.260 e. The zero-order chi connectivity index (χ0) is 19.6. The summed E-state index contributed by atoms with van der Waals surface area (Å²) in [4.78, 5) is 14.5. The van der Waals surface area contributed by atoms with Gasteiger partial charge in [0, 0.05) is 32.1 Å². The van der Waals surface area contributed by atoms with Crippen molar-refractivity contribution in [3.05, 3.63) is 90.3 Å². The molecule has 3 aromatic rings. The first-order valence-corrected chi connectivity index (χ1v) is 9.39. The molecule has 0 unspecified atom stereocenters. The highest BCUT2D eigenvalue weighted by Gasteiger charge is 2.16. The van der Waals surface area contributed by atoms with Gasteiger partial charge in [0.25, 0.3) is 5.91 Å². The molecule has 0 fully saturated rings. The molecular formula is C23H26N2O3. The van der Waals surface area contributed by atoms with Crippen molar-refractivity contribution in [3.63, 3.8) is 0 Å². The van der Waals surface area contributed by atoms with Gasteiger partial charge in [-0.25, -0.2) is 0 Å². The molecule has 1 aromatic heterocycles. The number of methoxy groups -OCH3 is 1. The highest BCUT2D eigenvalue weighted by molar-refractivity contribution is 5.77. The molecule has 0 spiro atoms. The normalized spacial score (nSPS) is 10.6. The number of aromatic nitrogens is 1. The van der Waals surface area contributed by atoms with Crippen LogP contribution in [-0.4, -0.2) is 42.2 Å². The average Bonchev–Trinajstić information content (AvgIpc) is 3.17. The van der Waals surface area contributed by atoms with Crippen molar-refractivity contribution in [1.29, 1.82) is 0 Å². The second-order valence-corrected chi connectivity index (χ2v) is 6.52. The Hall–Kier alpha value is -3.05. The number of carbonyl (C=O) groups is 1. The fourth-order valence-corrected chi connectivity index (χ4v) is 2.97. The predicted octanol–water partition coefficient (Wildman–Crippen LogP) is 3.59. The van der Waals surface area contributed by atoms with E-state index in [1.165, 1.54) is 5.56 Å². The first-order valence-electron chi connectivity index (χ1n) is 9.39. The van der Waals surface area contributed by atoms with E-state index in [1.54, 1.807) is 12.0 Å². The van der Waals surface area contributed by atoms with Crippen molar-refractivity contribution in [2.45, 2.75) is 13.1 Å². The van der Waals surface area contributed by atoms with E-state index in [9.17, 15) is 4.79 Å². The molecule has 0 bridgehead atoms. The first-order chi connectivity index (χ1) is 13.8. The van der Waals surface area contributed by atoms with Gasteiger partial charge < -0.3 is 18.9 Å². The molecule has 1 amide bonds. The third-order valence-corrected chi connectivity index (χ3v) is 4.50. The van der Waals surface area contributed by atoms with Gasteiger partial charge in [-0.1, -0.05) is 48.5 Å². The number of para-hydroxylation sites is 1. The van der Waals surface area contributed by atoms with E-state index in [1.807, 2.05) is 66.9 Å². The van der Waals surface area contributed by atoms with Crippen LogP contribution in [-0.2, 0) is 22.6 Å². The predicted molar refractivity (Wildman–Crippen MR) is 109 cm³/mol. The maximum Gasteiger partial charge on any atom is 0.260 e. The summed E-state index contributed by atoms with van der Waals surface area (Å²) >= 11 is 0. The van der Waals surface area contributed by atoms with Gasteiger partial charge in [0.05, 0.1) is 13.2 Å². The molecule has 0 aliphatic heterocycles. The van der Waals surface area contributed by atoms with Crippen LogP contribution in [0.4, 0.5) is 0 Å². The molecule has 0 N–H and O–H groups in total. The second-order valence-electron chi connectivity index (χ2n) is 6.52. The van der Waals surface area contributed by atoms with Gasteiger partial charge in [-0.2, -0.15) is 0 Å². The quantitative estimate of drug-likeness (QED) is 0.542. The summed E-state index contributed by atoms with van der Waals surface area (Å²) in [5.41, 5.74) is 2.30. The molecule has 0 saturated carbocycles. The SMILES string of the molecule is COCCN(Cc1cccn1Cc1ccccc1)C(=O)COc1ccccc1. The zero-order valence-electron chi connectivity index (χ0n) is 16.2. The summed E-state index contributed by atoms with van der Waals surface area (Å²) < 4.78 is 13.0. The van der Waals surface area contributed by atoms with E-state index in [4.69, 9.17) is 9.47 Å². The molecule has 0 aliphatic carbocycles. The van der Waals surface area contributed by atoms with Crippen LogP contribution in [0, 0.1) is 0 Å². The van der Waals surface area contributed by atoms with Gasteiger partial charge in [0.2, 0.25) is 0 Å². The largest absolute Gasteiger partial charge is 0.484 e. The Morgan fingerprint density at radius 3 is 2.39 bits per heavy atom. The number of nitrogens with zero attached hydrogens (tertiary/aromatic N) is 2. The average molecular weight is 378 g/mol. The van der Waals surface area contributed by atoms with E-state index in [0.717, 1.165) is 12.2 Å². The van der Waals surface area contributed by atoms with Crippen LogP contribution >= 0.6 is 0 Å². The van der Waals surface area contributed by atoms with Crippen LogP contribution in [0.25, 0.3) is 0 Å². The summed E-state index contributed by atoms with van der Waals surface area (Å²) in [5.74, 6) is 0.628. The molecule has 5 nitrogen and oxygen atoms in total. The lowest BCUT2D eigenvalue weighted by Crippen LogP contribution is -2.37. The highest BCUT2D eigenvalue weighted by atomic mass is 16.5. The standard InChI is InChI=1S/C23H26N2O3/c1-27-16-15-25(23(26)19-28-22-12-6-3-7-13-22)18-21-11-8-14-24(21)17-20-9-4-2-5-10-20/h2-14H,15-19H2,1H3. The number of rotatable bonds is 10. The molecule has 1 heterocycles. The van der Waals surface area contributed by atoms with E-state index in [2.05, 4.69) is 16.7 Å². The minimum atomic E-state index is -0.0617. The zero-order valence-corrected chi connectivity index (χ0v) is 16.2. The lowest BCUT2D eigenvalue weighted by atomic mass is 10.2. The van der Waals surface area contributed by atoms with Crippen LogP contribution in [0.5, 0.6) is 5.75 Å². The van der Waals surface area contributed by atoms with Crippen LogP contribution in [0.3, 0.4) is 0 Å². The minimum Gasteiger partial charge on any atom is -0.484 e. The summed E-state index contributed by atoms with van der Waals surface area (Å²) in [5, 5.41) is 0. The summed E-state index contributed by atoms with van der Waals surface area (Å²) in [6, 6.07) is 23.7. The van der Waals surface area contributed by atoms with Crippen molar-refractivity contribution >= 4 is 5.91 Å². The minimum absolute atomic E-state index is 0.00706. The maximum absolute atomic E-state index is 12.8. The van der Waals surface area contributed by atoms with Gasteiger partial charge in [-0.3, -0.25) is 4.79 Å².